The third-order valence-corrected chi connectivity index (χ3v) is 3.69. The van der Waals surface area contributed by atoms with Gasteiger partial charge < -0.3 is 14.2 Å². The molecule has 0 radical (unpaired) electrons. The number of aromatic nitrogens is 3. The van der Waals surface area contributed by atoms with Crippen molar-refractivity contribution in [2.75, 3.05) is 26.8 Å². The van der Waals surface area contributed by atoms with Gasteiger partial charge in [-0.2, -0.15) is 10.2 Å². The quantitative estimate of drug-likeness (QED) is 0.508. The lowest BCUT2D eigenvalue weighted by molar-refractivity contribution is 0.324. The molecule has 0 atom stereocenters. The Kier molecular flexibility index (Phi) is 5.78. The molecule has 0 aliphatic heterocycles. The lowest BCUT2D eigenvalue weighted by atomic mass is 10.2. The summed E-state index contributed by atoms with van der Waals surface area (Å²) in [4.78, 5) is 4.40. The Hall–Kier alpha value is -3.68. The minimum absolute atomic E-state index is 0.292. The lowest BCUT2D eigenvalue weighted by Gasteiger charge is -2.12. The molecule has 0 spiro atoms. The Morgan fingerprint density at radius 3 is 2.30 bits per heavy atom. The van der Waals surface area contributed by atoms with E-state index < -0.39 is 0 Å². The van der Waals surface area contributed by atoms with Crippen molar-refractivity contribution in [2.24, 2.45) is 5.10 Å². The first kappa shape index (κ1) is 18.1. The Morgan fingerprint density at radius 1 is 0.963 bits per heavy atom. The molecule has 0 aliphatic carbocycles. The molecule has 0 fully saturated rings. The first-order valence-electron chi connectivity index (χ1n) is 8.09. The molecule has 1 N–H and O–H groups in total. The largest absolute Gasteiger partial charge is 0.493 e. The van der Waals surface area contributed by atoms with Crippen LogP contribution in [0.25, 0.3) is 11.3 Å². The molecule has 8 heteroatoms. The fraction of sp³-hybridized carbons (Fsp3) is 0.158. The second kappa shape index (κ2) is 8.61. The van der Waals surface area contributed by atoms with Gasteiger partial charge in [0, 0.05) is 11.1 Å². The molecule has 0 aliphatic rings. The molecule has 3 rings (SSSR count). The summed E-state index contributed by atoms with van der Waals surface area (Å²) in [5.74, 6) is 1.90. The number of methoxy groups -OCH3 is 3. The first-order valence-corrected chi connectivity index (χ1v) is 8.09. The highest BCUT2D eigenvalue weighted by Crippen LogP contribution is 2.37. The van der Waals surface area contributed by atoms with Crippen LogP contribution in [0.3, 0.4) is 0 Å². The molecule has 138 valence electrons. The maximum absolute atomic E-state index is 5.33. The van der Waals surface area contributed by atoms with Gasteiger partial charge in [0.2, 0.25) is 5.75 Å². The van der Waals surface area contributed by atoms with Crippen molar-refractivity contribution >= 4 is 12.2 Å². The van der Waals surface area contributed by atoms with Crippen LogP contribution in [0.15, 0.2) is 53.8 Å². The van der Waals surface area contributed by atoms with Gasteiger partial charge in [-0.15, -0.1) is 5.10 Å². The Bertz CT molecular complexity index is 907. The smallest absolute Gasteiger partial charge is 0.263 e. The highest BCUT2D eigenvalue weighted by molar-refractivity contribution is 5.82. The van der Waals surface area contributed by atoms with E-state index in [1.807, 2.05) is 30.3 Å². The zero-order valence-corrected chi connectivity index (χ0v) is 15.2. The van der Waals surface area contributed by atoms with Crippen molar-refractivity contribution in [3.63, 3.8) is 0 Å². The van der Waals surface area contributed by atoms with E-state index in [0.717, 1.165) is 11.1 Å². The van der Waals surface area contributed by atoms with Gasteiger partial charge in [0.05, 0.1) is 39.4 Å². The molecule has 2 aromatic carbocycles. The van der Waals surface area contributed by atoms with Crippen molar-refractivity contribution in [3.8, 4) is 28.5 Å². The van der Waals surface area contributed by atoms with Crippen molar-refractivity contribution in [1.29, 1.82) is 0 Å². The molecule has 0 saturated heterocycles. The third kappa shape index (κ3) is 4.30. The topological polar surface area (TPSA) is 90.8 Å². The summed E-state index contributed by atoms with van der Waals surface area (Å²) in [6.07, 6.45) is 3.20. The van der Waals surface area contributed by atoms with Gasteiger partial charge in [-0.05, 0) is 12.1 Å². The van der Waals surface area contributed by atoms with Crippen LogP contribution in [0, 0.1) is 0 Å². The molecule has 1 heterocycles. The van der Waals surface area contributed by atoms with E-state index in [-0.39, 0.29) is 0 Å². The summed E-state index contributed by atoms with van der Waals surface area (Å²) in [6, 6.07) is 13.3. The summed E-state index contributed by atoms with van der Waals surface area (Å²) < 4.78 is 16.0. The highest BCUT2D eigenvalue weighted by atomic mass is 16.5. The molecule has 27 heavy (non-hydrogen) atoms. The first-order chi connectivity index (χ1) is 13.2. The molecule has 0 bridgehead atoms. The van der Waals surface area contributed by atoms with Gasteiger partial charge in [0.25, 0.3) is 5.95 Å². The third-order valence-electron chi connectivity index (χ3n) is 3.69. The van der Waals surface area contributed by atoms with Crippen LogP contribution < -0.4 is 19.6 Å². The summed E-state index contributed by atoms with van der Waals surface area (Å²) in [7, 11) is 4.68. The number of hydrogen-bond donors (Lipinski definition) is 1. The number of ether oxygens (including phenoxy) is 3. The second-order valence-electron chi connectivity index (χ2n) is 5.36. The van der Waals surface area contributed by atoms with Crippen LogP contribution in [-0.2, 0) is 0 Å². The number of hydrazone groups is 1. The molecular formula is C19H19N5O3. The van der Waals surface area contributed by atoms with Crippen LogP contribution >= 0.6 is 0 Å². The van der Waals surface area contributed by atoms with Crippen molar-refractivity contribution in [1.82, 2.24) is 15.2 Å². The molecule has 8 nitrogen and oxygen atoms in total. The van der Waals surface area contributed by atoms with Crippen LogP contribution in [0.4, 0.5) is 5.95 Å². The number of rotatable bonds is 7. The van der Waals surface area contributed by atoms with Crippen LogP contribution in [0.5, 0.6) is 17.2 Å². The van der Waals surface area contributed by atoms with E-state index in [9.17, 15) is 0 Å². The van der Waals surface area contributed by atoms with Crippen molar-refractivity contribution in [3.05, 3.63) is 54.2 Å². The van der Waals surface area contributed by atoms with Gasteiger partial charge in [-0.25, -0.2) is 10.4 Å². The number of nitrogens with zero attached hydrogens (tertiary/aromatic N) is 4. The monoisotopic (exact) mass is 365 g/mol. The predicted octanol–water partition coefficient (Wildman–Crippen LogP) is 3.01. The number of benzene rings is 2. The normalized spacial score (nSPS) is 10.6. The average Bonchev–Trinajstić information content (AvgIpc) is 2.73. The zero-order valence-electron chi connectivity index (χ0n) is 15.2. The van der Waals surface area contributed by atoms with Gasteiger partial charge in [0.1, 0.15) is 0 Å². The standard InChI is InChI=1S/C19H19N5O3/c1-25-16-9-13(10-17(26-2)18(16)27-3)11-20-23-19-22-15(12-21-24-19)14-7-5-4-6-8-14/h4-12H,1-3H3,(H,22,23,24)/b20-11-. The molecule has 0 amide bonds. The summed E-state index contributed by atoms with van der Waals surface area (Å²) in [6.45, 7) is 0. The predicted molar refractivity (Wildman–Crippen MR) is 103 cm³/mol. The van der Waals surface area contributed by atoms with Crippen molar-refractivity contribution < 1.29 is 14.2 Å². The minimum atomic E-state index is 0.292. The Labute approximate surface area is 156 Å². The minimum Gasteiger partial charge on any atom is -0.493 e. The van der Waals surface area contributed by atoms with Gasteiger partial charge in [0.15, 0.2) is 11.5 Å². The maximum Gasteiger partial charge on any atom is 0.263 e. The van der Waals surface area contributed by atoms with E-state index in [1.54, 1.807) is 45.9 Å². The molecule has 0 saturated carbocycles. The molecule has 0 unspecified atom stereocenters. The zero-order chi connectivity index (χ0) is 19.1. The highest BCUT2D eigenvalue weighted by Gasteiger charge is 2.12. The van der Waals surface area contributed by atoms with E-state index in [4.69, 9.17) is 14.2 Å². The van der Waals surface area contributed by atoms with Gasteiger partial charge >= 0.3 is 0 Å². The summed E-state index contributed by atoms with van der Waals surface area (Å²) >= 11 is 0. The molecular weight excluding hydrogens is 346 g/mol. The lowest BCUT2D eigenvalue weighted by Crippen LogP contribution is -2.00. The van der Waals surface area contributed by atoms with Crippen molar-refractivity contribution in [2.45, 2.75) is 0 Å². The summed E-state index contributed by atoms with van der Waals surface area (Å²) in [5.41, 5.74) is 5.19. The van der Waals surface area contributed by atoms with E-state index in [1.165, 1.54) is 0 Å². The Morgan fingerprint density at radius 2 is 1.67 bits per heavy atom. The van der Waals surface area contributed by atoms with E-state index in [0.29, 0.717) is 28.9 Å². The van der Waals surface area contributed by atoms with Crippen LogP contribution in [0.1, 0.15) is 5.56 Å². The molecule has 1 aromatic heterocycles. The number of anilines is 1. The molecule has 3 aromatic rings. The maximum atomic E-state index is 5.33. The SMILES string of the molecule is COc1cc(/C=N\Nc2nncc(-c3ccccc3)n2)cc(OC)c1OC. The Balaban J connectivity index is 1.78. The van der Waals surface area contributed by atoms with Gasteiger partial charge in [-0.3, -0.25) is 0 Å². The number of hydrogen-bond acceptors (Lipinski definition) is 8. The summed E-state index contributed by atoms with van der Waals surface area (Å²) in [5, 5.41) is 12.1. The fourth-order valence-corrected chi connectivity index (χ4v) is 2.44. The second-order valence-corrected chi connectivity index (χ2v) is 5.36. The van der Waals surface area contributed by atoms with E-state index in [2.05, 4.69) is 25.7 Å². The fourth-order valence-electron chi connectivity index (χ4n) is 2.44. The van der Waals surface area contributed by atoms with Crippen LogP contribution in [-0.4, -0.2) is 42.7 Å². The van der Waals surface area contributed by atoms with E-state index >= 15 is 0 Å². The van der Waals surface area contributed by atoms with Gasteiger partial charge in [-0.1, -0.05) is 30.3 Å². The average molecular weight is 365 g/mol. The number of nitrogens with one attached hydrogen (secondary N) is 1. The van der Waals surface area contributed by atoms with Crippen LogP contribution in [0.2, 0.25) is 0 Å².